The van der Waals surface area contributed by atoms with Crippen molar-refractivity contribution < 1.29 is 9.53 Å². The summed E-state index contributed by atoms with van der Waals surface area (Å²) in [5, 5.41) is 4.48. The lowest BCUT2D eigenvalue weighted by molar-refractivity contribution is -0.114. The van der Waals surface area contributed by atoms with E-state index in [1.807, 2.05) is 18.2 Å². The maximum absolute atomic E-state index is 11.6. The van der Waals surface area contributed by atoms with Crippen LogP contribution in [0.5, 0.6) is 5.75 Å². The van der Waals surface area contributed by atoms with Gasteiger partial charge in [0.05, 0.1) is 7.11 Å². The highest BCUT2D eigenvalue weighted by molar-refractivity contribution is 6.07. The Kier molecular flexibility index (Phi) is 2.58. The van der Waals surface area contributed by atoms with Gasteiger partial charge in [0.25, 0.3) is 0 Å². The molecule has 2 heteroatoms. The predicted molar refractivity (Wildman–Crippen MR) is 85.8 cm³/mol. The van der Waals surface area contributed by atoms with Crippen LogP contribution in [0, 0.1) is 0 Å². The molecule has 3 aromatic carbocycles. The van der Waals surface area contributed by atoms with Crippen molar-refractivity contribution >= 4 is 33.4 Å². The van der Waals surface area contributed by atoms with Crippen LogP contribution in [0.4, 0.5) is 0 Å². The van der Waals surface area contributed by atoms with Crippen LogP contribution in [0.1, 0.15) is 11.1 Å². The summed E-state index contributed by atoms with van der Waals surface area (Å²) >= 11 is 0. The molecule has 3 aromatic rings. The average molecular weight is 274 g/mol. The monoisotopic (exact) mass is 274 g/mol. The molecule has 1 aliphatic rings. The van der Waals surface area contributed by atoms with E-state index in [4.69, 9.17) is 4.74 Å². The van der Waals surface area contributed by atoms with Gasteiger partial charge in [-0.25, -0.2) is 0 Å². The molecule has 0 aromatic heterocycles. The molecule has 1 aliphatic carbocycles. The average Bonchev–Trinajstić information content (AvgIpc) is 2.50. The fourth-order valence-electron chi connectivity index (χ4n) is 3.10. The Morgan fingerprint density at radius 3 is 2.67 bits per heavy atom. The molecule has 0 atom stereocenters. The number of rotatable bonds is 1. The van der Waals surface area contributed by atoms with Gasteiger partial charge in [0.2, 0.25) is 0 Å². The molecule has 0 fully saturated rings. The van der Waals surface area contributed by atoms with Crippen LogP contribution < -0.4 is 4.74 Å². The predicted octanol–water partition coefficient (Wildman–Crippen LogP) is 4.14. The zero-order valence-corrected chi connectivity index (χ0v) is 11.7. The van der Waals surface area contributed by atoms with Crippen LogP contribution in [-0.2, 0) is 11.2 Å². The lowest BCUT2D eigenvalue weighted by Gasteiger charge is -2.15. The number of ether oxygens (including phenoxy) is 1. The van der Waals surface area contributed by atoms with Crippen LogP contribution in [0.2, 0.25) is 0 Å². The number of carbonyl (C=O) groups excluding carboxylic acids is 1. The first-order valence-corrected chi connectivity index (χ1v) is 6.99. The molecule has 0 heterocycles. The zero-order chi connectivity index (χ0) is 14.4. The van der Waals surface area contributed by atoms with Gasteiger partial charge in [-0.05, 0) is 46.2 Å². The third-order valence-corrected chi connectivity index (χ3v) is 4.09. The molecule has 0 N–H and O–H groups in total. The van der Waals surface area contributed by atoms with E-state index in [2.05, 4.69) is 30.3 Å². The van der Waals surface area contributed by atoms with E-state index in [1.54, 1.807) is 13.2 Å². The van der Waals surface area contributed by atoms with E-state index in [-0.39, 0.29) is 5.78 Å². The first-order chi connectivity index (χ1) is 10.3. The van der Waals surface area contributed by atoms with Crippen LogP contribution >= 0.6 is 0 Å². The van der Waals surface area contributed by atoms with Crippen LogP contribution in [0.3, 0.4) is 0 Å². The quantitative estimate of drug-likeness (QED) is 0.623. The van der Waals surface area contributed by atoms with Crippen LogP contribution in [-0.4, -0.2) is 12.9 Å². The molecule has 2 nitrogen and oxygen atoms in total. The van der Waals surface area contributed by atoms with Crippen LogP contribution in [0.25, 0.3) is 27.6 Å². The van der Waals surface area contributed by atoms with Gasteiger partial charge in [-0.3, -0.25) is 4.79 Å². The number of methoxy groups -OCH3 is 1. The van der Waals surface area contributed by atoms with Crippen molar-refractivity contribution in [1.29, 1.82) is 0 Å². The first kappa shape index (κ1) is 12.2. The molecule has 0 amide bonds. The Morgan fingerprint density at radius 1 is 0.952 bits per heavy atom. The molecule has 102 valence electrons. The van der Waals surface area contributed by atoms with Crippen molar-refractivity contribution in [3.8, 4) is 5.75 Å². The Hall–Kier alpha value is -2.61. The van der Waals surface area contributed by atoms with E-state index < -0.39 is 0 Å². The second kappa shape index (κ2) is 4.45. The zero-order valence-electron chi connectivity index (χ0n) is 11.7. The Labute approximate surface area is 122 Å². The van der Waals surface area contributed by atoms with Gasteiger partial charge in [0, 0.05) is 17.2 Å². The number of hydrogen-bond donors (Lipinski definition) is 0. The van der Waals surface area contributed by atoms with Crippen molar-refractivity contribution in [2.24, 2.45) is 0 Å². The van der Waals surface area contributed by atoms with Gasteiger partial charge in [-0.2, -0.15) is 0 Å². The van der Waals surface area contributed by atoms with E-state index >= 15 is 0 Å². The summed E-state index contributed by atoms with van der Waals surface area (Å²) < 4.78 is 5.66. The summed E-state index contributed by atoms with van der Waals surface area (Å²) in [4.78, 5) is 11.6. The van der Waals surface area contributed by atoms with E-state index in [0.717, 1.165) is 38.4 Å². The largest absolute Gasteiger partial charge is 0.495 e. The summed E-state index contributed by atoms with van der Waals surface area (Å²) in [7, 11) is 1.71. The third-order valence-electron chi connectivity index (χ3n) is 4.09. The van der Waals surface area contributed by atoms with Crippen molar-refractivity contribution in [3.63, 3.8) is 0 Å². The highest BCUT2D eigenvalue weighted by Crippen LogP contribution is 2.37. The molecular formula is C19H14O2. The number of ketones is 1. The Bertz CT molecular complexity index is 920. The molecule has 0 bridgehead atoms. The number of carbonyl (C=O) groups is 1. The van der Waals surface area contributed by atoms with Crippen molar-refractivity contribution in [2.45, 2.75) is 6.42 Å². The number of allylic oxidation sites excluding steroid dienone is 1. The summed E-state index contributed by atoms with van der Waals surface area (Å²) in [5.74, 6) is 1.06. The molecule has 4 rings (SSSR count). The van der Waals surface area contributed by atoms with Gasteiger partial charge in [0.15, 0.2) is 5.78 Å². The van der Waals surface area contributed by atoms with Crippen molar-refractivity contribution in [3.05, 3.63) is 59.7 Å². The second-order valence-electron chi connectivity index (χ2n) is 5.38. The molecule has 0 saturated heterocycles. The minimum Gasteiger partial charge on any atom is -0.495 e. The van der Waals surface area contributed by atoms with Gasteiger partial charge in [-0.1, -0.05) is 30.3 Å². The van der Waals surface area contributed by atoms with Crippen molar-refractivity contribution in [2.75, 3.05) is 7.11 Å². The molecule has 0 saturated carbocycles. The Morgan fingerprint density at radius 2 is 1.81 bits per heavy atom. The number of fused-ring (bicyclic) bond motifs is 3. The van der Waals surface area contributed by atoms with E-state index in [9.17, 15) is 4.79 Å². The lowest BCUT2D eigenvalue weighted by Crippen LogP contribution is -2.05. The molecule has 0 aliphatic heterocycles. The third kappa shape index (κ3) is 1.83. The van der Waals surface area contributed by atoms with Gasteiger partial charge < -0.3 is 4.74 Å². The highest BCUT2D eigenvalue weighted by Gasteiger charge is 2.14. The minimum absolute atomic E-state index is 0.162. The number of hydrogen-bond acceptors (Lipinski definition) is 2. The fourth-order valence-corrected chi connectivity index (χ4v) is 3.10. The first-order valence-electron chi connectivity index (χ1n) is 6.99. The molecular weight excluding hydrogens is 260 g/mol. The minimum atomic E-state index is 0.162. The maximum atomic E-state index is 11.6. The van der Waals surface area contributed by atoms with Gasteiger partial charge in [-0.15, -0.1) is 0 Å². The second-order valence-corrected chi connectivity index (χ2v) is 5.38. The topological polar surface area (TPSA) is 26.3 Å². The molecule has 21 heavy (non-hydrogen) atoms. The summed E-state index contributed by atoms with van der Waals surface area (Å²) in [5.41, 5.74) is 2.20. The SMILES string of the molecule is COc1c2ccccc2cc2cc3c(cc12)C=CC(=O)C3. The maximum Gasteiger partial charge on any atom is 0.160 e. The summed E-state index contributed by atoms with van der Waals surface area (Å²) in [6, 6.07) is 14.6. The Balaban J connectivity index is 2.12. The molecule has 0 unspecified atom stereocenters. The molecule has 0 spiro atoms. The fraction of sp³-hybridized carbons (Fsp3) is 0.105. The lowest BCUT2D eigenvalue weighted by atomic mass is 9.91. The smallest absolute Gasteiger partial charge is 0.160 e. The molecule has 0 radical (unpaired) electrons. The van der Waals surface area contributed by atoms with Crippen LogP contribution in [0.15, 0.2) is 48.5 Å². The number of benzene rings is 3. The van der Waals surface area contributed by atoms with E-state index in [0.29, 0.717) is 6.42 Å². The van der Waals surface area contributed by atoms with E-state index in [1.165, 1.54) is 0 Å². The summed E-state index contributed by atoms with van der Waals surface area (Å²) in [6.07, 6.45) is 4.04. The standard InChI is InChI=1S/C19H14O2/c1-21-19-17-5-3-2-4-13(17)8-15-9-14-10-16(20)7-6-12(14)11-18(15)19/h2-9,11H,10H2,1H3. The summed E-state index contributed by atoms with van der Waals surface area (Å²) in [6.45, 7) is 0. The van der Waals surface area contributed by atoms with Gasteiger partial charge >= 0.3 is 0 Å². The van der Waals surface area contributed by atoms with Gasteiger partial charge in [0.1, 0.15) is 5.75 Å². The highest BCUT2D eigenvalue weighted by atomic mass is 16.5. The van der Waals surface area contributed by atoms with Crippen molar-refractivity contribution in [1.82, 2.24) is 0 Å². The normalized spacial score (nSPS) is 13.7.